The number of ketones is 1. The van der Waals surface area contributed by atoms with Crippen LogP contribution in [-0.2, 0) is 4.79 Å². The maximum atomic E-state index is 10.6. The number of nitrogens with two attached hydrogens (primary N) is 1. The van der Waals surface area contributed by atoms with Gasteiger partial charge in [0.25, 0.3) is 0 Å². The first-order valence-electron chi connectivity index (χ1n) is 2.64. The number of hydrogen-bond acceptors (Lipinski definition) is 3. The van der Waals surface area contributed by atoms with Crippen molar-refractivity contribution in [2.24, 2.45) is 5.73 Å². The molecule has 52 valence electrons. The number of carbonyl (C=O) groups is 1. The Morgan fingerprint density at radius 2 is 2.44 bits per heavy atom. The van der Waals surface area contributed by atoms with Crippen LogP contribution in [0.3, 0.4) is 0 Å². The van der Waals surface area contributed by atoms with Crippen molar-refractivity contribution < 1.29 is 9.90 Å². The molecule has 0 bridgehead atoms. The monoisotopic (exact) mass is 129 g/mol. The van der Waals surface area contributed by atoms with Crippen molar-refractivity contribution in [3.05, 3.63) is 12.7 Å². The lowest BCUT2D eigenvalue weighted by molar-refractivity contribution is -0.129. The van der Waals surface area contributed by atoms with E-state index < -0.39 is 11.4 Å². The van der Waals surface area contributed by atoms with Crippen molar-refractivity contribution in [1.29, 1.82) is 0 Å². The van der Waals surface area contributed by atoms with Gasteiger partial charge < -0.3 is 10.8 Å². The number of aliphatic hydroxyl groups is 1. The third kappa shape index (κ3) is 1.95. The lowest BCUT2D eigenvalue weighted by atomic mass is 10.0. The van der Waals surface area contributed by atoms with E-state index in [1.54, 1.807) is 0 Å². The highest BCUT2D eigenvalue weighted by Crippen LogP contribution is 2.01. The zero-order valence-corrected chi connectivity index (χ0v) is 5.42. The molecular weight excluding hydrogens is 118 g/mol. The SMILES string of the molecule is C=CC(=O)C(C)(O)CN. The van der Waals surface area contributed by atoms with E-state index in [9.17, 15) is 4.79 Å². The van der Waals surface area contributed by atoms with Gasteiger partial charge in [0.15, 0.2) is 5.78 Å². The van der Waals surface area contributed by atoms with Gasteiger partial charge in [0.1, 0.15) is 5.60 Å². The third-order valence-electron chi connectivity index (χ3n) is 1.11. The predicted molar refractivity (Wildman–Crippen MR) is 34.9 cm³/mol. The van der Waals surface area contributed by atoms with Crippen LogP contribution in [0.4, 0.5) is 0 Å². The second kappa shape index (κ2) is 2.75. The average molecular weight is 129 g/mol. The summed E-state index contributed by atoms with van der Waals surface area (Å²) in [7, 11) is 0. The second-order valence-corrected chi connectivity index (χ2v) is 2.05. The fourth-order valence-corrected chi connectivity index (χ4v) is 0.320. The summed E-state index contributed by atoms with van der Waals surface area (Å²) in [6, 6.07) is 0. The highest BCUT2D eigenvalue weighted by atomic mass is 16.3. The molecule has 3 heteroatoms. The van der Waals surface area contributed by atoms with Crippen LogP contribution in [0.15, 0.2) is 12.7 Å². The van der Waals surface area contributed by atoms with Crippen molar-refractivity contribution in [2.75, 3.05) is 6.54 Å². The molecule has 0 aromatic carbocycles. The van der Waals surface area contributed by atoms with Gasteiger partial charge in [-0.05, 0) is 13.0 Å². The Labute approximate surface area is 54.2 Å². The van der Waals surface area contributed by atoms with Gasteiger partial charge in [-0.15, -0.1) is 0 Å². The average Bonchev–Trinajstić information content (AvgIpc) is 1.86. The van der Waals surface area contributed by atoms with E-state index in [1.807, 2.05) is 0 Å². The second-order valence-electron chi connectivity index (χ2n) is 2.05. The molecule has 0 saturated heterocycles. The molecule has 0 heterocycles. The largest absolute Gasteiger partial charge is 0.381 e. The van der Waals surface area contributed by atoms with Crippen LogP contribution < -0.4 is 5.73 Å². The number of rotatable bonds is 3. The first-order chi connectivity index (χ1) is 4.04. The predicted octanol–water partition coefficient (Wildman–Crippen LogP) is -0.549. The van der Waals surface area contributed by atoms with Crippen LogP contribution in [0, 0.1) is 0 Å². The van der Waals surface area contributed by atoms with Crippen LogP contribution in [-0.4, -0.2) is 23.0 Å². The first kappa shape index (κ1) is 8.33. The van der Waals surface area contributed by atoms with Gasteiger partial charge in [-0.2, -0.15) is 0 Å². The van der Waals surface area contributed by atoms with E-state index in [1.165, 1.54) is 6.92 Å². The molecule has 0 rings (SSSR count). The van der Waals surface area contributed by atoms with Crippen molar-refractivity contribution in [2.45, 2.75) is 12.5 Å². The van der Waals surface area contributed by atoms with Crippen LogP contribution >= 0.6 is 0 Å². The Kier molecular flexibility index (Phi) is 2.55. The highest BCUT2D eigenvalue weighted by molar-refractivity contribution is 5.96. The Morgan fingerprint density at radius 1 is 2.00 bits per heavy atom. The summed E-state index contributed by atoms with van der Waals surface area (Å²) < 4.78 is 0. The molecule has 3 N–H and O–H groups in total. The normalized spacial score (nSPS) is 16.3. The zero-order valence-electron chi connectivity index (χ0n) is 5.42. The van der Waals surface area contributed by atoms with Gasteiger partial charge in [-0.1, -0.05) is 6.58 Å². The molecule has 9 heavy (non-hydrogen) atoms. The topological polar surface area (TPSA) is 63.3 Å². The number of hydrogen-bond donors (Lipinski definition) is 2. The Morgan fingerprint density at radius 3 is 2.56 bits per heavy atom. The lowest BCUT2D eigenvalue weighted by Crippen LogP contribution is -2.41. The number of carbonyl (C=O) groups excluding carboxylic acids is 1. The van der Waals surface area contributed by atoms with Crippen molar-refractivity contribution >= 4 is 5.78 Å². The molecular formula is C6H11NO2. The molecule has 0 aliphatic rings. The molecule has 1 unspecified atom stereocenters. The van der Waals surface area contributed by atoms with Crippen molar-refractivity contribution in [3.63, 3.8) is 0 Å². The van der Waals surface area contributed by atoms with E-state index in [2.05, 4.69) is 6.58 Å². The van der Waals surface area contributed by atoms with Gasteiger partial charge in [-0.3, -0.25) is 4.79 Å². The van der Waals surface area contributed by atoms with Crippen molar-refractivity contribution in [1.82, 2.24) is 0 Å². The summed E-state index contributed by atoms with van der Waals surface area (Å²) in [4.78, 5) is 10.6. The quantitative estimate of drug-likeness (QED) is 0.502. The standard InChI is InChI=1S/C6H11NO2/c1-3-5(8)6(2,9)4-7/h3,9H,1,4,7H2,2H3. The molecule has 0 spiro atoms. The van der Waals surface area contributed by atoms with Gasteiger partial charge in [0, 0.05) is 6.54 Å². The van der Waals surface area contributed by atoms with E-state index in [0.717, 1.165) is 6.08 Å². The molecule has 0 radical (unpaired) electrons. The molecule has 0 amide bonds. The molecule has 3 nitrogen and oxygen atoms in total. The minimum atomic E-state index is -1.43. The molecule has 0 aromatic heterocycles. The Balaban J connectivity index is 4.13. The highest BCUT2D eigenvalue weighted by Gasteiger charge is 2.24. The first-order valence-corrected chi connectivity index (χ1v) is 2.64. The lowest BCUT2D eigenvalue weighted by Gasteiger charge is -2.15. The van der Waals surface area contributed by atoms with E-state index >= 15 is 0 Å². The van der Waals surface area contributed by atoms with Crippen LogP contribution in [0.2, 0.25) is 0 Å². The van der Waals surface area contributed by atoms with Gasteiger partial charge in [0.2, 0.25) is 0 Å². The molecule has 0 saturated carbocycles. The maximum Gasteiger partial charge on any atom is 0.187 e. The van der Waals surface area contributed by atoms with Gasteiger partial charge in [0.05, 0.1) is 0 Å². The van der Waals surface area contributed by atoms with Crippen LogP contribution in [0.1, 0.15) is 6.92 Å². The summed E-state index contributed by atoms with van der Waals surface area (Å²) >= 11 is 0. The van der Waals surface area contributed by atoms with Crippen molar-refractivity contribution in [3.8, 4) is 0 Å². The zero-order chi connectivity index (χ0) is 7.49. The maximum absolute atomic E-state index is 10.6. The molecule has 0 aliphatic heterocycles. The molecule has 0 aliphatic carbocycles. The summed E-state index contributed by atoms with van der Waals surface area (Å²) in [5.74, 6) is -0.440. The molecule has 0 aromatic rings. The summed E-state index contributed by atoms with van der Waals surface area (Å²) in [5, 5.41) is 9.05. The molecule has 0 fully saturated rings. The van der Waals surface area contributed by atoms with Gasteiger partial charge >= 0.3 is 0 Å². The minimum Gasteiger partial charge on any atom is -0.381 e. The third-order valence-corrected chi connectivity index (χ3v) is 1.11. The minimum absolute atomic E-state index is 0.0716. The van der Waals surface area contributed by atoms with E-state index in [-0.39, 0.29) is 6.54 Å². The fourth-order valence-electron chi connectivity index (χ4n) is 0.320. The van der Waals surface area contributed by atoms with Crippen LogP contribution in [0.5, 0.6) is 0 Å². The summed E-state index contributed by atoms with van der Waals surface area (Å²) in [6.07, 6.45) is 1.06. The van der Waals surface area contributed by atoms with E-state index in [4.69, 9.17) is 10.8 Å². The van der Waals surface area contributed by atoms with E-state index in [0.29, 0.717) is 0 Å². The smallest absolute Gasteiger partial charge is 0.187 e. The van der Waals surface area contributed by atoms with Crippen LogP contribution in [0.25, 0.3) is 0 Å². The molecule has 1 atom stereocenters. The summed E-state index contributed by atoms with van der Waals surface area (Å²) in [6.45, 7) is 4.50. The fraction of sp³-hybridized carbons (Fsp3) is 0.500. The Bertz CT molecular complexity index is 129. The van der Waals surface area contributed by atoms with Gasteiger partial charge in [-0.25, -0.2) is 0 Å². The Hall–Kier alpha value is -0.670. The summed E-state index contributed by atoms with van der Waals surface area (Å²) in [5.41, 5.74) is 3.64.